The minimum absolute atomic E-state index is 1.22. The number of likely N-dealkylation sites (tertiary alicyclic amines) is 1. The lowest BCUT2D eigenvalue weighted by Crippen LogP contribution is -2.09. The minimum Gasteiger partial charge on any atom is -0.377 e. The number of hydrogen-bond acceptors (Lipinski definition) is 1. The van der Waals surface area contributed by atoms with Crippen molar-refractivity contribution in [3.8, 4) is 0 Å². The van der Waals surface area contributed by atoms with Crippen LogP contribution >= 0.6 is 0 Å². The predicted octanol–water partition coefficient (Wildman–Crippen LogP) is 3.20. The van der Waals surface area contributed by atoms with Gasteiger partial charge in [-0.2, -0.15) is 0 Å². The molecule has 0 spiro atoms. The zero-order valence-corrected chi connectivity index (χ0v) is 8.97. The molecule has 78 valence electrons. The van der Waals surface area contributed by atoms with E-state index in [9.17, 15) is 0 Å². The summed E-state index contributed by atoms with van der Waals surface area (Å²) < 4.78 is 0. The molecule has 2 aliphatic rings. The molecule has 1 heteroatoms. The van der Waals surface area contributed by atoms with Crippen LogP contribution in [0.3, 0.4) is 0 Å². The molecule has 2 rings (SSSR count). The molecule has 0 aromatic rings. The van der Waals surface area contributed by atoms with Gasteiger partial charge in [0.25, 0.3) is 0 Å². The lowest BCUT2D eigenvalue weighted by Gasteiger charge is -2.08. The Morgan fingerprint density at radius 2 is 1.67 bits per heavy atom. The van der Waals surface area contributed by atoms with Crippen LogP contribution < -0.4 is 0 Å². The average Bonchev–Trinajstić information content (AvgIpc) is 2.88. The Labute approximate surface area is 91.8 Å². The average molecular weight is 199 g/mol. The van der Waals surface area contributed by atoms with E-state index in [-0.39, 0.29) is 0 Å². The summed E-state index contributed by atoms with van der Waals surface area (Å²) in [7, 11) is 0. The maximum absolute atomic E-state index is 2.37. The fourth-order valence-electron chi connectivity index (χ4n) is 1.79. The lowest BCUT2D eigenvalue weighted by atomic mass is 10.2. The van der Waals surface area contributed by atoms with Gasteiger partial charge in [-0.15, -0.1) is 0 Å². The Balaban J connectivity index is 1.77. The second-order valence-corrected chi connectivity index (χ2v) is 3.85. The molecule has 0 aromatic carbocycles. The van der Waals surface area contributed by atoms with Crippen molar-refractivity contribution in [2.45, 2.75) is 12.8 Å². The zero-order chi connectivity index (χ0) is 10.3. The topological polar surface area (TPSA) is 3.24 Å². The fraction of sp³-hybridized carbons (Fsp3) is 0.286. The van der Waals surface area contributed by atoms with Crippen molar-refractivity contribution in [3.05, 3.63) is 60.4 Å². The van der Waals surface area contributed by atoms with Crippen LogP contribution in [-0.2, 0) is 0 Å². The molecule has 0 bridgehead atoms. The van der Waals surface area contributed by atoms with E-state index >= 15 is 0 Å². The van der Waals surface area contributed by atoms with Gasteiger partial charge >= 0.3 is 0 Å². The molecule has 1 heterocycles. The van der Waals surface area contributed by atoms with E-state index in [4.69, 9.17) is 0 Å². The first-order chi connectivity index (χ1) is 7.45. The highest BCUT2D eigenvalue weighted by Gasteiger charge is 2.04. The molecule has 15 heavy (non-hydrogen) atoms. The van der Waals surface area contributed by atoms with E-state index in [1.165, 1.54) is 31.5 Å². The van der Waals surface area contributed by atoms with E-state index in [0.29, 0.717) is 0 Å². The number of hydrogen-bond donors (Lipinski definition) is 0. The van der Waals surface area contributed by atoms with Crippen LogP contribution in [0, 0.1) is 0 Å². The van der Waals surface area contributed by atoms with Gasteiger partial charge in [-0.05, 0) is 30.7 Å². The van der Waals surface area contributed by atoms with Gasteiger partial charge in [0.05, 0.1) is 0 Å². The summed E-state index contributed by atoms with van der Waals surface area (Å²) in [6.07, 6.45) is 21.6. The molecule has 0 saturated carbocycles. The van der Waals surface area contributed by atoms with Gasteiger partial charge in [-0.25, -0.2) is 0 Å². The monoisotopic (exact) mass is 199 g/mol. The highest BCUT2D eigenvalue weighted by molar-refractivity contribution is 5.42. The van der Waals surface area contributed by atoms with Gasteiger partial charge in [0.15, 0.2) is 0 Å². The molecular formula is C14H17N. The van der Waals surface area contributed by atoms with E-state index in [2.05, 4.69) is 59.7 Å². The van der Waals surface area contributed by atoms with Gasteiger partial charge in [0.2, 0.25) is 0 Å². The Hall–Kier alpha value is -1.50. The van der Waals surface area contributed by atoms with Crippen LogP contribution in [0.5, 0.6) is 0 Å². The lowest BCUT2D eigenvalue weighted by molar-refractivity contribution is 0.468. The van der Waals surface area contributed by atoms with Crippen molar-refractivity contribution < 1.29 is 0 Å². The first-order valence-electron chi connectivity index (χ1n) is 5.59. The molecule has 0 amide bonds. The Bertz CT molecular complexity index is 322. The predicted molar refractivity (Wildman–Crippen MR) is 65.5 cm³/mol. The smallest absolute Gasteiger partial charge is 0.0173 e. The van der Waals surface area contributed by atoms with Crippen molar-refractivity contribution in [1.82, 2.24) is 4.90 Å². The van der Waals surface area contributed by atoms with E-state index < -0.39 is 0 Å². The largest absolute Gasteiger partial charge is 0.377 e. The SMILES string of the molecule is C1=CC(=C/C=C/C=C/N2CCCC2)C=C1. The Kier molecular flexibility index (Phi) is 3.61. The molecule has 1 aliphatic carbocycles. The third-order valence-corrected chi connectivity index (χ3v) is 2.64. The van der Waals surface area contributed by atoms with Crippen LogP contribution in [0.2, 0.25) is 0 Å². The summed E-state index contributed by atoms with van der Waals surface area (Å²) in [5.74, 6) is 0. The van der Waals surface area contributed by atoms with Gasteiger partial charge in [0.1, 0.15) is 0 Å². The highest BCUT2D eigenvalue weighted by atomic mass is 15.1. The van der Waals surface area contributed by atoms with Gasteiger partial charge in [-0.1, -0.05) is 42.5 Å². The maximum atomic E-state index is 2.37. The summed E-state index contributed by atoms with van der Waals surface area (Å²) in [6, 6.07) is 0. The summed E-state index contributed by atoms with van der Waals surface area (Å²) in [5.41, 5.74) is 1.26. The molecule has 0 unspecified atom stereocenters. The molecule has 1 saturated heterocycles. The summed E-state index contributed by atoms with van der Waals surface area (Å²) in [4.78, 5) is 2.37. The van der Waals surface area contributed by atoms with Crippen LogP contribution in [0.15, 0.2) is 60.4 Å². The highest BCUT2D eigenvalue weighted by Crippen LogP contribution is 2.08. The van der Waals surface area contributed by atoms with Gasteiger partial charge in [-0.3, -0.25) is 0 Å². The van der Waals surface area contributed by atoms with Crippen molar-refractivity contribution in [2.75, 3.05) is 13.1 Å². The molecule has 0 aromatic heterocycles. The minimum atomic E-state index is 1.22. The van der Waals surface area contributed by atoms with Crippen molar-refractivity contribution in [1.29, 1.82) is 0 Å². The van der Waals surface area contributed by atoms with Crippen molar-refractivity contribution >= 4 is 0 Å². The third kappa shape index (κ3) is 3.28. The first kappa shape index (κ1) is 10.0. The Morgan fingerprint density at radius 1 is 0.933 bits per heavy atom. The molecule has 1 aliphatic heterocycles. The number of rotatable bonds is 3. The summed E-state index contributed by atoms with van der Waals surface area (Å²) in [6.45, 7) is 2.44. The molecule has 0 N–H and O–H groups in total. The number of nitrogens with zero attached hydrogens (tertiary/aromatic N) is 1. The summed E-state index contributed by atoms with van der Waals surface area (Å²) >= 11 is 0. The quantitative estimate of drug-likeness (QED) is 0.631. The first-order valence-corrected chi connectivity index (χ1v) is 5.59. The molecule has 1 fully saturated rings. The molecule has 1 nitrogen and oxygen atoms in total. The molecule has 0 radical (unpaired) electrons. The molecular weight excluding hydrogens is 182 g/mol. The van der Waals surface area contributed by atoms with Crippen molar-refractivity contribution in [3.63, 3.8) is 0 Å². The van der Waals surface area contributed by atoms with E-state index in [1.54, 1.807) is 0 Å². The van der Waals surface area contributed by atoms with Crippen LogP contribution in [0.25, 0.3) is 0 Å². The van der Waals surface area contributed by atoms with Gasteiger partial charge < -0.3 is 4.90 Å². The summed E-state index contributed by atoms with van der Waals surface area (Å²) in [5, 5.41) is 0. The normalized spacial score (nSPS) is 20.3. The van der Waals surface area contributed by atoms with Gasteiger partial charge in [0, 0.05) is 13.1 Å². The van der Waals surface area contributed by atoms with E-state index in [0.717, 1.165) is 0 Å². The third-order valence-electron chi connectivity index (χ3n) is 2.64. The van der Waals surface area contributed by atoms with Crippen molar-refractivity contribution in [2.24, 2.45) is 0 Å². The fourth-order valence-corrected chi connectivity index (χ4v) is 1.79. The number of allylic oxidation sites excluding steroid dienone is 9. The van der Waals surface area contributed by atoms with Crippen LogP contribution in [0.1, 0.15) is 12.8 Å². The maximum Gasteiger partial charge on any atom is 0.0173 e. The Morgan fingerprint density at radius 3 is 2.40 bits per heavy atom. The van der Waals surface area contributed by atoms with Crippen LogP contribution in [-0.4, -0.2) is 18.0 Å². The van der Waals surface area contributed by atoms with Crippen LogP contribution in [0.4, 0.5) is 0 Å². The second kappa shape index (κ2) is 5.40. The standard InChI is InChI=1S/C14H17N/c1(2-8-14-9-3-4-10-14)5-11-15-12-6-7-13-15/h1-5,8-11H,6-7,12-13H2/b2-1+,11-5+. The zero-order valence-electron chi connectivity index (χ0n) is 8.97. The molecule has 0 atom stereocenters. The second-order valence-electron chi connectivity index (χ2n) is 3.85. The van der Waals surface area contributed by atoms with E-state index in [1.807, 2.05) is 0 Å².